The van der Waals surface area contributed by atoms with Gasteiger partial charge in [-0.05, 0) is 31.0 Å². The largest absolute Gasteiger partial charge is 0.361 e. The van der Waals surface area contributed by atoms with Crippen molar-refractivity contribution < 1.29 is 13.2 Å². The first kappa shape index (κ1) is 20.4. The number of sulfonamides is 1. The molecule has 142 valence electrons. The Bertz CT molecular complexity index is 955. The fourth-order valence-corrected chi connectivity index (χ4v) is 3.72. The van der Waals surface area contributed by atoms with E-state index in [-0.39, 0.29) is 25.5 Å². The van der Waals surface area contributed by atoms with Gasteiger partial charge in [-0.15, -0.1) is 0 Å². The molecular formula is C16H20ClN3O5S. The summed E-state index contributed by atoms with van der Waals surface area (Å²) in [5.74, 6) is -0.113. The lowest BCUT2D eigenvalue weighted by atomic mass is 10.1. The molecule has 2 rings (SSSR count). The lowest BCUT2D eigenvalue weighted by Gasteiger charge is -2.15. The average Bonchev–Trinajstić information content (AvgIpc) is 2.56. The van der Waals surface area contributed by atoms with Crippen molar-refractivity contribution in [1.82, 2.24) is 14.3 Å². The molecule has 0 aliphatic carbocycles. The number of H-pyrrole nitrogens is 1. The summed E-state index contributed by atoms with van der Waals surface area (Å²) in [6, 6.07) is 7.78. The Labute approximate surface area is 155 Å². The zero-order chi connectivity index (χ0) is 19.2. The summed E-state index contributed by atoms with van der Waals surface area (Å²) in [7, 11) is -3.49. The Kier molecular flexibility index (Phi) is 7.15. The Morgan fingerprint density at radius 2 is 2.08 bits per heavy atom. The van der Waals surface area contributed by atoms with Gasteiger partial charge >= 0.3 is 5.69 Å². The summed E-state index contributed by atoms with van der Waals surface area (Å²) >= 11 is 5.91. The summed E-state index contributed by atoms with van der Waals surface area (Å²) in [6.07, 6.45) is 1.57. The molecule has 1 aromatic carbocycles. The van der Waals surface area contributed by atoms with Crippen LogP contribution in [0.15, 0.2) is 46.1 Å². The first-order chi connectivity index (χ1) is 12.3. The van der Waals surface area contributed by atoms with Crippen LogP contribution in [0.3, 0.4) is 0 Å². The van der Waals surface area contributed by atoms with Gasteiger partial charge in [-0.2, -0.15) is 0 Å². The average molecular weight is 402 g/mol. The molecule has 10 heteroatoms. The van der Waals surface area contributed by atoms with Gasteiger partial charge in [-0.1, -0.05) is 23.7 Å². The minimum Gasteiger partial charge on any atom is -0.361 e. The van der Waals surface area contributed by atoms with E-state index < -0.39 is 27.3 Å². The summed E-state index contributed by atoms with van der Waals surface area (Å²) in [4.78, 5) is 24.5. The van der Waals surface area contributed by atoms with E-state index in [0.717, 1.165) is 5.56 Å². The number of nitrogens with zero attached hydrogens (tertiary/aromatic N) is 1. The molecule has 0 spiro atoms. The fraction of sp³-hybridized carbons (Fsp3) is 0.375. The highest BCUT2D eigenvalue weighted by Crippen LogP contribution is 2.18. The maximum Gasteiger partial charge on any atom is 0.330 e. The van der Waals surface area contributed by atoms with Crippen LogP contribution in [0.5, 0.6) is 0 Å². The van der Waals surface area contributed by atoms with Crippen molar-refractivity contribution in [3.63, 3.8) is 0 Å². The molecule has 1 atom stereocenters. The van der Waals surface area contributed by atoms with Crippen LogP contribution in [-0.2, 0) is 21.5 Å². The third kappa shape index (κ3) is 6.41. The molecule has 0 aliphatic rings. The first-order valence-electron chi connectivity index (χ1n) is 7.90. The lowest BCUT2D eigenvalue weighted by molar-refractivity contribution is 0.0744. The van der Waals surface area contributed by atoms with Crippen molar-refractivity contribution in [2.45, 2.75) is 26.1 Å². The van der Waals surface area contributed by atoms with Crippen LogP contribution >= 0.6 is 11.6 Å². The number of ether oxygens (including phenoxy) is 1. The molecular weight excluding hydrogens is 382 g/mol. The Hall–Kier alpha value is -1.94. The predicted octanol–water partition coefficient (Wildman–Crippen LogP) is 1.23. The summed E-state index contributed by atoms with van der Waals surface area (Å²) in [5.41, 5.74) is -0.297. The Balaban J connectivity index is 1.77. The third-order valence-electron chi connectivity index (χ3n) is 3.53. The highest BCUT2D eigenvalue weighted by Gasteiger charge is 2.15. The van der Waals surface area contributed by atoms with Crippen LogP contribution < -0.4 is 16.0 Å². The maximum absolute atomic E-state index is 12.1. The van der Waals surface area contributed by atoms with Gasteiger partial charge < -0.3 is 4.74 Å². The number of rotatable bonds is 9. The van der Waals surface area contributed by atoms with Crippen molar-refractivity contribution in [2.75, 3.05) is 12.4 Å². The summed E-state index contributed by atoms with van der Waals surface area (Å²) in [6.45, 7) is 1.82. The molecule has 26 heavy (non-hydrogen) atoms. The molecule has 0 saturated carbocycles. The number of aromatic amines is 1. The predicted molar refractivity (Wildman–Crippen MR) is 98.7 cm³/mol. The van der Waals surface area contributed by atoms with Crippen molar-refractivity contribution in [1.29, 1.82) is 0 Å². The molecule has 1 unspecified atom stereocenters. The number of hydrogen-bond donors (Lipinski definition) is 2. The maximum atomic E-state index is 12.1. The van der Waals surface area contributed by atoms with E-state index >= 15 is 0 Å². The summed E-state index contributed by atoms with van der Waals surface area (Å²) in [5, 5.41) is 0.541. The first-order valence-corrected chi connectivity index (χ1v) is 9.93. The van der Waals surface area contributed by atoms with Gasteiger partial charge in [0.25, 0.3) is 5.56 Å². The van der Waals surface area contributed by atoms with Crippen LogP contribution in [-0.4, -0.2) is 30.3 Å². The van der Waals surface area contributed by atoms with E-state index in [1.54, 1.807) is 31.2 Å². The third-order valence-corrected chi connectivity index (χ3v) is 5.31. The standard InChI is InChI=1S/C16H20ClN3O5S/c1-12(13-4-2-5-14(17)10-13)19-26(23,24)9-3-8-25-11-20-7-6-15(21)18-16(20)22/h2,4-7,10,12,19H,3,8-9,11H2,1H3,(H,18,21,22). The van der Waals surface area contributed by atoms with Gasteiger partial charge in [0.15, 0.2) is 0 Å². The van der Waals surface area contributed by atoms with Crippen molar-refractivity contribution in [3.8, 4) is 0 Å². The molecule has 8 nitrogen and oxygen atoms in total. The molecule has 0 saturated heterocycles. The van der Waals surface area contributed by atoms with Crippen molar-refractivity contribution in [3.05, 3.63) is 68.0 Å². The van der Waals surface area contributed by atoms with Crippen LogP contribution in [0.2, 0.25) is 5.02 Å². The van der Waals surface area contributed by atoms with Gasteiger partial charge in [-0.25, -0.2) is 17.9 Å². The van der Waals surface area contributed by atoms with Crippen molar-refractivity contribution >= 4 is 21.6 Å². The second-order valence-electron chi connectivity index (χ2n) is 5.68. The zero-order valence-electron chi connectivity index (χ0n) is 14.1. The van der Waals surface area contributed by atoms with Crippen LogP contribution in [0.4, 0.5) is 0 Å². The Morgan fingerprint density at radius 3 is 2.77 bits per heavy atom. The topological polar surface area (TPSA) is 110 Å². The normalized spacial score (nSPS) is 12.8. The van der Waals surface area contributed by atoms with Gasteiger partial charge in [0.2, 0.25) is 10.0 Å². The second-order valence-corrected chi connectivity index (χ2v) is 7.99. The minimum absolute atomic E-state index is 0.0675. The molecule has 1 heterocycles. The number of halogens is 1. The molecule has 0 aliphatic heterocycles. The molecule has 0 fully saturated rings. The van der Waals surface area contributed by atoms with E-state index in [2.05, 4.69) is 9.71 Å². The van der Waals surface area contributed by atoms with E-state index in [4.69, 9.17) is 16.3 Å². The number of hydrogen-bond acceptors (Lipinski definition) is 5. The molecule has 2 N–H and O–H groups in total. The van der Waals surface area contributed by atoms with Crippen LogP contribution in [0.25, 0.3) is 0 Å². The van der Waals surface area contributed by atoms with Gasteiger partial charge in [0, 0.05) is 29.9 Å². The van der Waals surface area contributed by atoms with E-state index in [0.29, 0.717) is 5.02 Å². The number of nitrogens with one attached hydrogen (secondary N) is 2. The van der Waals surface area contributed by atoms with E-state index in [1.165, 1.54) is 16.8 Å². The van der Waals surface area contributed by atoms with Gasteiger partial charge in [0.1, 0.15) is 6.73 Å². The van der Waals surface area contributed by atoms with Gasteiger partial charge in [0.05, 0.1) is 5.75 Å². The molecule has 0 amide bonds. The van der Waals surface area contributed by atoms with E-state index in [1.807, 2.05) is 0 Å². The fourth-order valence-electron chi connectivity index (χ4n) is 2.23. The van der Waals surface area contributed by atoms with Crippen LogP contribution in [0.1, 0.15) is 24.9 Å². The smallest absolute Gasteiger partial charge is 0.330 e. The minimum atomic E-state index is -3.49. The highest BCUT2D eigenvalue weighted by atomic mass is 35.5. The highest BCUT2D eigenvalue weighted by molar-refractivity contribution is 7.89. The quantitative estimate of drug-likeness (QED) is 0.614. The number of aromatic nitrogens is 2. The Morgan fingerprint density at radius 1 is 1.31 bits per heavy atom. The van der Waals surface area contributed by atoms with Crippen molar-refractivity contribution in [2.24, 2.45) is 0 Å². The zero-order valence-corrected chi connectivity index (χ0v) is 15.7. The number of benzene rings is 1. The van der Waals surface area contributed by atoms with E-state index in [9.17, 15) is 18.0 Å². The monoisotopic (exact) mass is 401 g/mol. The lowest BCUT2D eigenvalue weighted by Crippen LogP contribution is -2.30. The van der Waals surface area contributed by atoms with Crippen LogP contribution in [0, 0.1) is 0 Å². The molecule has 0 bridgehead atoms. The SMILES string of the molecule is CC(NS(=O)(=O)CCCOCn1ccc(=O)[nH]c1=O)c1cccc(Cl)c1. The molecule has 0 radical (unpaired) electrons. The molecule has 1 aromatic heterocycles. The summed E-state index contributed by atoms with van der Waals surface area (Å²) < 4.78 is 33.3. The molecule has 2 aromatic rings. The second kappa shape index (κ2) is 9.13. The van der Waals surface area contributed by atoms with Gasteiger partial charge in [-0.3, -0.25) is 14.3 Å².